The monoisotopic (exact) mass is 251 g/mol. The van der Waals surface area contributed by atoms with E-state index in [-0.39, 0.29) is 13.1 Å². The van der Waals surface area contributed by atoms with E-state index in [0.29, 0.717) is 5.82 Å². The van der Waals surface area contributed by atoms with Crippen LogP contribution in [0.15, 0.2) is 6.33 Å². The Hall–Kier alpha value is -1.64. The highest BCUT2D eigenvalue weighted by molar-refractivity contribution is 5.77. The minimum Gasteiger partial charge on any atom is -0.346 e. The van der Waals surface area contributed by atoms with Crippen molar-refractivity contribution in [2.24, 2.45) is 7.05 Å². The summed E-state index contributed by atoms with van der Waals surface area (Å²) >= 11 is 0. The lowest BCUT2D eigenvalue weighted by molar-refractivity contribution is -0.137. The highest BCUT2D eigenvalue weighted by Gasteiger charge is 2.27. The molecule has 0 atom stereocenters. The molecule has 6 nitrogen and oxygen atoms in total. The van der Waals surface area contributed by atoms with E-state index in [1.807, 2.05) is 0 Å². The molecule has 0 fully saturated rings. The topological polar surface area (TPSA) is 71.8 Å². The van der Waals surface area contributed by atoms with Crippen LogP contribution in [-0.2, 0) is 18.4 Å². The van der Waals surface area contributed by atoms with E-state index in [2.05, 4.69) is 15.5 Å². The van der Waals surface area contributed by atoms with E-state index in [0.717, 1.165) is 0 Å². The van der Waals surface area contributed by atoms with Crippen LogP contribution in [0.4, 0.5) is 13.2 Å². The van der Waals surface area contributed by atoms with Gasteiger partial charge < -0.3 is 15.2 Å². The molecule has 2 N–H and O–H groups in total. The van der Waals surface area contributed by atoms with Gasteiger partial charge in [-0.3, -0.25) is 4.79 Å². The predicted octanol–water partition coefficient (Wildman–Crippen LogP) is -0.417. The van der Waals surface area contributed by atoms with E-state index < -0.39 is 18.6 Å². The molecule has 0 unspecified atom stereocenters. The maximum absolute atomic E-state index is 11.8. The SMILES string of the molecule is Cn1cnnc1CNCC(=O)NCC(F)(F)F. The Balaban J connectivity index is 2.19. The molecule has 1 aromatic heterocycles. The summed E-state index contributed by atoms with van der Waals surface area (Å²) in [7, 11) is 1.72. The van der Waals surface area contributed by atoms with Gasteiger partial charge in [-0.25, -0.2) is 0 Å². The van der Waals surface area contributed by atoms with Crippen molar-refractivity contribution in [1.29, 1.82) is 0 Å². The van der Waals surface area contributed by atoms with Gasteiger partial charge in [0.1, 0.15) is 18.7 Å². The normalized spacial score (nSPS) is 11.5. The molecular weight excluding hydrogens is 239 g/mol. The lowest BCUT2D eigenvalue weighted by Crippen LogP contribution is -2.39. The summed E-state index contributed by atoms with van der Waals surface area (Å²) in [4.78, 5) is 11.0. The van der Waals surface area contributed by atoms with Crippen LogP contribution < -0.4 is 10.6 Å². The molecule has 1 amide bonds. The van der Waals surface area contributed by atoms with Crippen LogP contribution in [0, 0.1) is 0 Å². The van der Waals surface area contributed by atoms with Gasteiger partial charge in [0.25, 0.3) is 0 Å². The minimum absolute atomic E-state index is 0.205. The lowest BCUT2D eigenvalue weighted by Gasteiger charge is -2.08. The summed E-state index contributed by atoms with van der Waals surface area (Å²) in [6.45, 7) is -1.27. The fourth-order valence-corrected chi connectivity index (χ4v) is 1.02. The number of carbonyl (C=O) groups is 1. The Morgan fingerprint density at radius 3 is 2.76 bits per heavy atom. The summed E-state index contributed by atoms with van der Waals surface area (Å²) in [6.07, 6.45) is -2.90. The highest BCUT2D eigenvalue weighted by atomic mass is 19.4. The number of alkyl halides is 3. The Bertz CT molecular complexity index is 375. The number of hydrogen-bond acceptors (Lipinski definition) is 4. The first-order chi connectivity index (χ1) is 7.88. The number of amides is 1. The number of carbonyl (C=O) groups excluding carboxylic acids is 1. The van der Waals surface area contributed by atoms with E-state index >= 15 is 0 Å². The van der Waals surface area contributed by atoms with Crippen molar-refractivity contribution in [1.82, 2.24) is 25.4 Å². The number of aromatic nitrogens is 3. The molecule has 9 heteroatoms. The van der Waals surface area contributed by atoms with E-state index in [1.165, 1.54) is 6.33 Å². The van der Waals surface area contributed by atoms with Crippen LogP contribution >= 0.6 is 0 Å². The van der Waals surface area contributed by atoms with Crippen molar-refractivity contribution < 1.29 is 18.0 Å². The summed E-state index contributed by atoms with van der Waals surface area (Å²) in [6, 6.07) is 0. The van der Waals surface area contributed by atoms with Gasteiger partial charge in [-0.2, -0.15) is 13.2 Å². The Morgan fingerprint density at radius 1 is 1.53 bits per heavy atom. The Labute approximate surface area is 95.2 Å². The van der Waals surface area contributed by atoms with Crippen molar-refractivity contribution in [2.45, 2.75) is 12.7 Å². The smallest absolute Gasteiger partial charge is 0.346 e. The van der Waals surface area contributed by atoms with Gasteiger partial charge in [0.15, 0.2) is 0 Å². The van der Waals surface area contributed by atoms with Crippen LogP contribution in [-0.4, -0.2) is 39.9 Å². The van der Waals surface area contributed by atoms with E-state index in [9.17, 15) is 18.0 Å². The molecule has 1 heterocycles. The molecule has 0 radical (unpaired) electrons. The first-order valence-corrected chi connectivity index (χ1v) is 4.75. The first-order valence-electron chi connectivity index (χ1n) is 4.75. The zero-order chi connectivity index (χ0) is 12.9. The molecule has 0 aliphatic heterocycles. The van der Waals surface area contributed by atoms with Gasteiger partial charge in [-0.05, 0) is 0 Å². The quantitative estimate of drug-likeness (QED) is 0.745. The van der Waals surface area contributed by atoms with Crippen LogP contribution in [0.5, 0.6) is 0 Å². The van der Waals surface area contributed by atoms with Crippen molar-refractivity contribution in [2.75, 3.05) is 13.1 Å². The molecule has 0 bridgehead atoms. The van der Waals surface area contributed by atoms with Crippen LogP contribution in [0.1, 0.15) is 5.82 Å². The van der Waals surface area contributed by atoms with Gasteiger partial charge in [0.05, 0.1) is 13.1 Å². The van der Waals surface area contributed by atoms with Crippen LogP contribution in [0.3, 0.4) is 0 Å². The van der Waals surface area contributed by atoms with Gasteiger partial charge >= 0.3 is 6.18 Å². The maximum atomic E-state index is 11.8. The number of halogens is 3. The fourth-order valence-electron chi connectivity index (χ4n) is 1.02. The molecule has 0 aliphatic carbocycles. The summed E-state index contributed by atoms with van der Waals surface area (Å²) < 4.78 is 36.9. The molecule has 96 valence electrons. The molecule has 1 rings (SSSR count). The van der Waals surface area contributed by atoms with Gasteiger partial charge in [0.2, 0.25) is 5.91 Å². The second kappa shape index (κ2) is 5.62. The second-order valence-corrected chi connectivity index (χ2v) is 3.35. The van der Waals surface area contributed by atoms with E-state index in [1.54, 1.807) is 16.9 Å². The summed E-state index contributed by atoms with van der Waals surface area (Å²) in [5, 5.41) is 11.8. The number of nitrogens with one attached hydrogen (secondary N) is 2. The fraction of sp³-hybridized carbons (Fsp3) is 0.625. The number of hydrogen-bond donors (Lipinski definition) is 2. The first kappa shape index (κ1) is 13.4. The van der Waals surface area contributed by atoms with Crippen molar-refractivity contribution in [3.8, 4) is 0 Å². The standard InChI is InChI=1S/C8H12F3N5O/c1-16-5-14-15-6(16)2-12-3-7(17)13-4-8(9,10)11/h5,12H,2-4H2,1H3,(H,13,17). The zero-order valence-electron chi connectivity index (χ0n) is 9.08. The van der Waals surface area contributed by atoms with Gasteiger partial charge in [-0.15, -0.1) is 10.2 Å². The number of aryl methyl sites for hydroxylation is 1. The predicted molar refractivity (Wildman–Crippen MR) is 51.8 cm³/mol. The van der Waals surface area contributed by atoms with Crippen LogP contribution in [0.2, 0.25) is 0 Å². The third-order valence-corrected chi connectivity index (χ3v) is 1.86. The largest absolute Gasteiger partial charge is 0.405 e. The average Bonchev–Trinajstić information content (AvgIpc) is 2.61. The van der Waals surface area contributed by atoms with E-state index in [4.69, 9.17) is 0 Å². The molecule has 0 saturated carbocycles. The zero-order valence-corrected chi connectivity index (χ0v) is 9.08. The van der Waals surface area contributed by atoms with Crippen LogP contribution in [0.25, 0.3) is 0 Å². The molecule has 0 aliphatic rings. The van der Waals surface area contributed by atoms with Crippen molar-refractivity contribution >= 4 is 5.91 Å². The number of rotatable bonds is 5. The Morgan fingerprint density at radius 2 is 2.24 bits per heavy atom. The average molecular weight is 251 g/mol. The summed E-state index contributed by atoms with van der Waals surface area (Å²) in [5.74, 6) is -0.127. The number of nitrogens with zero attached hydrogens (tertiary/aromatic N) is 3. The second-order valence-electron chi connectivity index (χ2n) is 3.35. The maximum Gasteiger partial charge on any atom is 0.405 e. The molecule has 17 heavy (non-hydrogen) atoms. The minimum atomic E-state index is -4.39. The van der Waals surface area contributed by atoms with Crippen molar-refractivity contribution in [3.05, 3.63) is 12.2 Å². The Kier molecular flexibility index (Phi) is 4.44. The molecule has 0 saturated heterocycles. The summed E-state index contributed by atoms with van der Waals surface area (Å²) in [5.41, 5.74) is 0. The molecule has 1 aromatic rings. The molecular formula is C8H12F3N5O. The molecule has 0 spiro atoms. The van der Waals surface area contributed by atoms with Gasteiger partial charge in [-0.1, -0.05) is 0 Å². The molecule has 0 aromatic carbocycles. The van der Waals surface area contributed by atoms with Gasteiger partial charge in [0, 0.05) is 7.05 Å². The third-order valence-electron chi connectivity index (χ3n) is 1.86. The van der Waals surface area contributed by atoms with Crippen molar-refractivity contribution in [3.63, 3.8) is 0 Å². The highest BCUT2D eigenvalue weighted by Crippen LogP contribution is 2.11. The lowest BCUT2D eigenvalue weighted by atomic mass is 10.5. The third kappa shape index (κ3) is 5.29.